The summed E-state index contributed by atoms with van der Waals surface area (Å²) in [5.41, 5.74) is 0.731. The van der Waals surface area contributed by atoms with Gasteiger partial charge in [0.15, 0.2) is 12.1 Å². The van der Waals surface area contributed by atoms with Crippen LogP contribution in [0.4, 0.5) is 11.4 Å². The predicted molar refractivity (Wildman–Crippen MR) is 136 cm³/mol. The number of amides is 4. The topological polar surface area (TPSA) is 83.6 Å². The van der Waals surface area contributed by atoms with Gasteiger partial charge in [-0.25, -0.2) is 9.80 Å². The van der Waals surface area contributed by atoms with E-state index in [9.17, 15) is 19.2 Å². The lowest BCUT2D eigenvalue weighted by Crippen LogP contribution is -3.31. The molecule has 3 fully saturated rings. The van der Waals surface area contributed by atoms with Crippen LogP contribution in [0.3, 0.4) is 0 Å². The first kappa shape index (κ1) is 25.4. The summed E-state index contributed by atoms with van der Waals surface area (Å²) in [6.07, 6.45) is 0.190. The van der Waals surface area contributed by atoms with Gasteiger partial charge in [-0.3, -0.25) is 19.2 Å². The van der Waals surface area contributed by atoms with Gasteiger partial charge in [0.2, 0.25) is 11.8 Å². The molecular weight excluding hydrogens is 550 g/mol. The van der Waals surface area contributed by atoms with Crippen LogP contribution in [0.1, 0.15) is 12.8 Å². The maximum Gasteiger partial charge on any atom is 0.292 e. The maximum absolute atomic E-state index is 13.2. The molecule has 0 radical (unpaired) electrons. The van der Waals surface area contributed by atoms with Crippen LogP contribution in [0.5, 0.6) is 0 Å². The number of rotatable bonds is 4. The van der Waals surface area contributed by atoms with Crippen molar-refractivity contribution in [3.05, 3.63) is 56.5 Å². The van der Waals surface area contributed by atoms with E-state index in [2.05, 4.69) is 0 Å². The van der Waals surface area contributed by atoms with Crippen LogP contribution in [0.25, 0.3) is 0 Å². The van der Waals surface area contributed by atoms with Gasteiger partial charge in [-0.1, -0.05) is 46.4 Å². The molecule has 4 amide bonds. The number of nitrogens with one attached hydrogen (secondary N) is 2. The van der Waals surface area contributed by atoms with E-state index in [1.54, 1.807) is 36.4 Å². The Kier molecular flexibility index (Phi) is 7.02. The first-order valence-corrected chi connectivity index (χ1v) is 13.0. The van der Waals surface area contributed by atoms with E-state index >= 15 is 0 Å². The highest BCUT2D eigenvalue weighted by Crippen LogP contribution is 2.30. The quantitative estimate of drug-likeness (QED) is 0.537. The van der Waals surface area contributed by atoms with E-state index in [-0.39, 0.29) is 36.5 Å². The zero-order valence-corrected chi connectivity index (χ0v) is 21.9. The van der Waals surface area contributed by atoms with Crippen molar-refractivity contribution >= 4 is 81.4 Å². The van der Waals surface area contributed by atoms with Crippen molar-refractivity contribution in [3.8, 4) is 0 Å². The number of quaternary nitrogens is 2. The molecule has 0 spiro atoms. The van der Waals surface area contributed by atoms with Gasteiger partial charge in [-0.15, -0.1) is 0 Å². The van der Waals surface area contributed by atoms with Crippen molar-refractivity contribution < 1.29 is 29.0 Å². The van der Waals surface area contributed by atoms with Crippen LogP contribution >= 0.6 is 46.4 Å². The van der Waals surface area contributed by atoms with E-state index in [1.807, 2.05) is 0 Å². The molecule has 5 rings (SSSR count). The molecule has 3 saturated heterocycles. The zero-order valence-electron chi connectivity index (χ0n) is 18.9. The van der Waals surface area contributed by atoms with Crippen molar-refractivity contribution in [1.82, 2.24) is 0 Å². The number of carbonyl (C=O) groups is 4. The van der Waals surface area contributed by atoms with Crippen molar-refractivity contribution in [2.24, 2.45) is 0 Å². The second-order valence-electron chi connectivity index (χ2n) is 9.22. The number of imide groups is 2. The molecule has 0 bridgehead atoms. The Balaban J connectivity index is 1.25. The largest absolute Gasteiger partial charge is 0.315 e. The number of carbonyl (C=O) groups excluding carboxylic acids is 4. The highest BCUT2D eigenvalue weighted by Gasteiger charge is 2.50. The molecule has 0 unspecified atom stereocenters. The minimum absolute atomic E-state index is 0.0950. The van der Waals surface area contributed by atoms with Gasteiger partial charge < -0.3 is 9.80 Å². The van der Waals surface area contributed by atoms with Gasteiger partial charge in [-0.05, 0) is 36.4 Å². The Morgan fingerprint density at radius 3 is 1.17 bits per heavy atom. The summed E-state index contributed by atoms with van der Waals surface area (Å²) in [4.78, 5) is 56.1. The van der Waals surface area contributed by atoms with Crippen molar-refractivity contribution in [2.45, 2.75) is 24.9 Å². The van der Waals surface area contributed by atoms with E-state index in [0.29, 0.717) is 57.6 Å². The third kappa shape index (κ3) is 4.74. The van der Waals surface area contributed by atoms with Crippen LogP contribution in [0, 0.1) is 0 Å². The molecule has 0 aromatic heterocycles. The molecule has 2 aromatic carbocycles. The summed E-state index contributed by atoms with van der Waals surface area (Å²) in [5.74, 6) is -1.16. The van der Waals surface area contributed by atoms with Gasteiger partial charge in [0, 0.05) is 20.1 Å². The van der Waals surface area contributed by atoms with Crippen molar-refractivity contribution in [3.63, 3.8) is 0 Å². The average Bonchev–Trinajstić information content (AvgIpc) is 3.26. The van der Waals surface area contributed by atoms with Gasteiger partial charge >= 0.3 is 0 Å². The van der Waals surface area contributed by atoms with E-state index in [4.69, 9.17) is 46.4 Å². The number of benzene rings is 2. The van der Waals surface area contributed by atoms with E-state index in [0.717, 1.165) is 19.6 Å². The second-order valence-corrected chi connectivity index (χ2v) is 11.0. The SMILES string of the molecule is O=C1C[C@@H]([NH+]2CC[NH+]([C@@H]3CC(=O)N(c4cc(Cl)cc(Cl)c4)C3=O)CC2)C(=O)N1c1cc(Cl)cc(Cl)c1. The van der Waals surface area contributed by atoms with Gasteiger partial charge in [0.1, 0.15) is 26.2 Å². The standard InChI is InChI=1S/C24H20Cl4N4O4/c25-13-5-14(26)8-17(7-13)31-21(33)11-19(23(31)35)29-1-2-30(4-3-29)20-12-22(34)32(24(20)36)18-9-15(27)6-16(28)10-18/h5-10,19-20H,1-4,11-12H2/p+2/t19-,20-/m1/s1. The monoisotopic (exact) mass is 570 g/mol. The third-order valence-corrected chi connectivity index (χ3v) is 7.90. The van der Waals surface area contributed by atoms with Crippen LogP contribution in [0.2, 0.25) is 20.1 Å². The summed E-state index contributed by atoms with van der Waals surface area (Å²) in [5, 5.41) is 1.37. The fourth-order valence-corrected chi connectivity index (χ4v) is 6.40. The molecular formula is C24H22Cl4N4O4+2. The van der Waals surface area contributed by atoms with Gasteiger partial charge in [-0.2, -0.15) is 0 Å². The normalized spacial score (nSPS) is 26.9. The maximum atomic E-state index is 13.2. The zero-order chi connectivity index (χ0) is 25.7. The van der Waals surface area contributed by atoms with Crippen LogP contribution in [0.15, 0.2) is 36.4 Å². The molecule has 2 aromatic rings. The number of halogens is 4. The molecule has 2 N–H and O–H groups in total. The Bertz CT molecular complexity index is 1140. The molecule has 3 heterocycles. The Morgan fingerprint density at radius 2 is 0.861 bits per heavy atom. The lowest BCUT2D eigenvalue weighted by molar-refractivity contribution is -1.02. The van der Waals surface area contributed by atoms with Gasteiger partial charge in [0.25, 0.3) is 11.8 Å². The lowest BCUT2D eigenvalue weighted by atomic mass is 10.1. The number of hydrogen-bond acceptors (Lipinski definition) is 4. The molecule has 12 heteroatoms. The number of hydrogen-bond donors (Lipinski definition) is 2. The second kappa shape index (κ2) is 9.93. The Morgan fingerprint density at radius 1 is 0.556 bits per heavy atom. The summed E-state index contributed by atoms with van der Waals surface area (Å²) >= 11 is 24.3. The first-order chi connectivity index (χ1) is 17.1. The lowest BCUT2D eigenvalue weighted by Gasteiger charge is -2.34. The Labute approximate surface area is 227 Å². The summed E-state index contributed by atoms with van der Waals surface area (Å²) in [6, 6.07) is 8.24. The number of piperazine rings is 1. The average molecular weight is 572 g/mol. The van der Waals surface area contributed by atoms with Crippen LogP contribution < -0.4 is 19.6 Å². The number of nitrogens with zero attached hydrogens (tertiary/aromatic N) is 2. The van der Waals surface area contributed by atoms with E-state index in [1.165, 1.54) is 0 Å². The summed E-state index contributed by atoms with van der Waals surface area (Å²) in [6.45, 7) is 2.35. The Hall–Kier alpha value is -2.20. The molecule has 0 saturated carbocycles. The molecule has 3 aliphatic rings. The number of anilines is 2. The van der Waals surface area contributed by atoms with Gasteiger partial charge in [0.05, 0.1) is 24.2 Å². The smallest absolute Gasteiger partial charge is 0.292 e. The molecule has 0 aliphatic carbocycles. The molecule has 3 aliphatic heterocycles. The fraction of sp³-hybridized carbons (Fsp3) is 0.333. The minimum atomic E-state index is -0.511. The summed E-state index contributed by atoms with van der Waals surface area (Å²) in [7, 11) is 0. The third-order valence-electron chi connectivity index (χ3n) is 7.02. The van der Waals surface area contributed by atoms with Crippen molar-refractivity contribution in [1.29, 1.82) is 0 Å². The van der Waals surface area contributed by atoms with Crippen molar-refractivity contribution in [2.75, 3.05) is 36.0 Å². The van der Waals surface area contributed by atoms with Crippen LogP contribution in [-0.2, 0) is 19.2 Å². The fourth-order valence-electron chi connectivity index (χ4n) is 5.37. The molecule has 188 valence electrons. The minimum Gasteiger partial charge on any atom is -0.315 e. The van der Waals surface area contributed by atoms with E-state index < -0.39 is 12.1 Å². The highest BCUT2D eigenvalue weighted by molar-refractivity contribution is 6.36. The molecule has 8 nitrogen and oxygen atoms in total. The molecule has 36 heavy (non-hydrogen) atoms. The van der Waals surface area contributed by atoms with Crippen LogP contribution in [-0.4, -0.2) is 61.9 Å². The highest BCUT2D eigenvalue weighted by atomic mass is 35.5. The molecule has 2 atom stereocenters. The predicted octanol–water partition coefficient (Wildman–Crippen LogP) is 1.05. The summed E-state index contributed by atoms with van der Waals surface area (Å²) < 4.78 is 0. The first-order valence-electron chi connectivity index (χ1n) is 11.5.